The molecule has 3 aromatic rings. The number of nitrogens with two attached hydrogens (primary N) is 1. The van der Waals surface area contributed by atoms with E-state index in [0.717, 1.165) is 25.7 Å². The Balaban J connectivity index is 1.13. The molecule has 2 fully saturated rings. The molecule has 2 aromatic heterocycles. The third-order valence-electron chi connectivity index (χ3n) is 6.79. The third-order valence-corrected chi connectivity index (χ3v) is 6.79. The maximum Gasteiger partial charge on any atom is 0.255 e. The summed E-state index contributed by atoms with van der Waals surface area (Å²) in [4.78, 5) is 24.5. The van der Waals surface area contributed by atoms with Gasteiger partial charge in [-0.1, -0.05) is 12.1 Å². The van der Waals surface area contributed by atoms with Gasteiger partial charge in [0.25, 0.3) is 11.8 Å². The van der Waals surface area contributed by atoms with Crippen LogP contribution < -0.4 is 20.5 Å². The summed E-state index contributed by atoms with van der Waals surface area (Å²) >= 11 is 0. The van der Waals surface area contributed by atoms with Crippen molar-refractivity contribution in [2.45, 2.75) is 57.3 Å². The Morgan fingerprint density at radius 3 is 2.63 bits per heavy atom. The largest absolute Gasteiger partial charge is 0.490 e. The van der Waals surface area contributed by atoms with Crippen LogP contribution in [0.2, 0.25) is 0 Å². The van der Waals surface area contributed by atoms with Gasteiger partial charge < -0.3 is 25.6 Å². The highest BCUT2D eigenvalue weighted by molar-refractivity contribution is 6.00. The Labute approximate surface area is 203 Å². The smallest absolute Gasteiger partial charge is 0.255 e. The number of aliphatic hydroxyl groups is 1. The second kappa shape index (κ2) is 8.57. The van der Waals surface area contributed by atoms with E-state index < -0.39 is 11.5 Å². The van der Waals surface area contributed by atoms with Gasteiger partial charge in [-0.3, -0.25) is 9.59 Å². The molecule has 0 bridgehead atoms. The second-order valence-corrected chi connectivity index (χ2v) is 10.4. The molecule has 5 rings (SSSR count). The SMILES string of the molecule is CC(C)(O)COc1ccc2c(C(=O)N[C@H]3CC4(C3)C[C@H](Oc3ccccc3C(N)=O)C4)cnn2c1. The van der Waals surface area contributed by atoms with Crippen molar-refractivity contribution >= 4 is 17.3 Å². The normalized spacial score (nSPS) is 23.4. The lowest BCUT2D eigenvalue weighted by atomic mass is 9.53. The Morgan fingerprint density at radius 2 is 1.91 bits per heavy atom. The Morgan fingerprint density at radius 1 is 1.17 bits per heavy atom. The summed E-state index contributed by atoms with van der Waals surface area (Å²) in [6, 6.07) is 10.7. The number of hydrogen-bond donors (Lipinski definition) is 3. The molecule has 184 valence electrons. The molecule has 0 aliphatic heterocycles. The number of nitrogens with one attached hydrogen (secondary N) is 1. The van der Waals surface area contributed by atoms with Crippen LogP contribution in [0.15, 0.2) is 48.8 Å². The van der Waals surface area contributed by atoms with Crippen molar-refractivity contribution in [3.8, 4) is 11.5 Å². The van der Waals surface area contributed by atoms with Gasteiger partial charge in [0, 0.05) is 6.04 Å². The summed E-state index contributed by atoms with van der Waals surface area (Å²) in [7, 11) is 0. The monoisotopic (exact) mass is 478 g/mol. The lowest BCUT2D eigenvalue weighted by Crippen LogP contribution is -2.58. The summed E-state index contributed by atoms with van der Waals surface area (Å²) in [5.74, 6) is 0.459. The van der Waals surface area contributed by atoms with Gasteiger partial charge in [0.05, 0.1) is 40.7 Å². The van der Waals surface area contributed by atoms with Gasteiger partial charge in [-0.2, -0.15) is 5.10 Å². The highest BCUT2D eigenvalue weighted by atomic mass is 16.5. The number of para-hydroxylation sites is 1. The Hall–Kier alpha value is -3.59. The number of amides is 2. The molecular formula is C26H30N4O5. The molecule has 9 nitrogen and oxygen atoms in total. The number of aromatic nitrogens is 2. The number of hydrogen-bond acceptors (Lipinski definition) is 6. The van der Waals surface area contributed by atoms with E-state index in [1.807, 2.05) is 6.07 Å². The zero-order valence-electron chi connectivity index (χ0n) is 19.9. The number of primary amides is 1. The van der Waals surface area contributed by atoms with Crippen LogP contribution in [0.4, 0.5) is 0 Å². The summed E-state index contributed by atoms with van der Waals surface area (Å²) in [6.07, 6.45) is 6.92. The van der Waals surface area contributed by atoms with E-state index in [9.17, 15) is 14.7 Å². The van der Waals surface area contributed by atoms with E-state index in [2.05, 4.69) is 10.4 Å². The standard InChI is InChI=1S/C26H30N4O5/c1-25(2,33)15-34-17-7-8-21-20(13-28-30(21)14-17)24(32)29-16-9-26(10-16)11-18(12-26)35-22-6-4-3-5-19(22)23(27)31/h3-8,13-14,16,18,33H,9-12,15H2,1-2H3,(H2,27,31)(H,29,32)/t16-,18-,26?. The number of pyridine rings is 1. The van der Waals surface area contributed by atoms with E-state index in [4.69, 9.17) is 15.2 Å². The van der Waals surface area contributed by atoms with Crippen LogP contribution in [0.1, 0.15) is 60.2 Å². The molecule has 0 atom stereocenters. The quantitative estimate of drug-likeness (QED) is 0.457. The van der Waals surface area contributed by atoms with E-state index in [1.54, 1.807) is 61.1 Å². The van der Waals surface area contributed by atoms with Crippen molar-refractivity contribution in [2.24, 2.45) is 11.1 Å². The summed E-state index contributed by atoms with van der Waals surface area (Å²) in [5, 5.41) is 17.2. The molecule has 1 spiro atoms. The molecule has 2 saturated carbocycles. The predicted octanol–water partition coefficient (Wildman–Crippen LogP) is 2.70. The Bertz CT molecular complexity index is 1260. The molecule has 2 amide bonds. The van der Waals surface area contributed by atoms with Crippen LogP contribution in [0, 0.1) is 5.41 Å². The first-order valence-electron chi connectivity index (χ1n) is 11.8. The minimum Gasteiger partial charge on any atom is -0.490 e. The first-order chi connectivity index (χ1) is 16.6. The number of rotatable bonds is 8. The molecule has 2 aliphatic rings. The van der Waals surface area contributed by atoms with E-state index in [-0.39, 0.29) is 30.1 Å². The molecule has 0 saturated heterocycles. The Kier molecular flexibility index (Phi) is 5.67. The fourth-order valence-corrected chi connectivity index (χ4v) is 5.11. The molecule has 2 aliphatic carbocycles. The highest BCUT2D eigenvalue weighted by Gasteiger charge is 2.54. The van der Waals surface area contributed by atoms with E-state index >= 15 is 0 Å². The number of fused-ring (bicyclic) bond motifs is 1. The zero-order valence-corrected chi connectivity index (χ0v) is 19.9. The van der Waals surface area contributed by atoms with Crippen LogP contribution >= 0.6 is 0 Å². The van der Waals surface area contributed by atoms with Gasteiger partial charge in [0.15, 0.2) is 0 Å². The van der Waals surface area contributed by atoms with Crippen molar-refractivity contribution in [3.05, 3.63) is 59.9 Å². The third kappa shape index (κ3) is 4.81. The highest BCUT2D eigenvalue weighted by Crippen LogP contribution is 2.57. The molecule has 0 unspecified atom stereocenters. The minimum atomic E-state index is -0.940. The first kappa shape index (κ1) is 23.2. The molecule has 1 aromatic carbocycles. The van der Waals surface area contributed by atoms with Gasteiger partial charge in [-0.15, -0.1) is 0 Å². The molecule has 35 heavy (non-hydrogen) atoms. The number of ether oxygens (including phenoxy) is 2. The van der Waals surface area contributed by atoms with Crippen molar-refractivity contribution in [1.29, 1.82) is 0 Å². The van der Waals surface area contributed by atoms with Crippen molar-refractivity contribution in [2.75, 3.05) is 6.61 Å². The lowest BCUT2D eigenvalue weighted by Gasteiger charge is -2.57. The zero-order chi connectivity index (χ0) is 24.8. The number of benzene rings is 1. The summed E-state index contributed by atoms with van der Waals surface area (Å²) in [6.45, 7) is 3.50. The maximum atomic E-state index is 12.9. The first-order valence-corrected chi connectivity index (χ1v) is 11.8. The van der Waals surface area contributed by atoms with Crippen LogP contribution in [-0.2, 0) is 0 Å². The maximum absolute atomic E-state index is 12.9. The predicted molar refractivity (Wildman–Crippen MR) is 129 cm³/mol. The average molecular weight is 479 g/mol. The van der Waals surface area contributed by atoms with Crippen molar-refractivity contribution in [3.63, 3.8) is 0 Å². The molecular weight excluding hydrogens is 448 g/mol. The number of carbonyl (C=O) groups is 2. The minimum absolute atomic E-state index is 0.0552. The number of nitrogens with zero attached hydrogens (tertiary/aromatic N) is 2. The molecule has 4 N–H and O–H groups in total. The van der Waals surface area contributed by atoms with Gasteiger partial charge in [0.2, 0.25) is 0 Å². The van der Waals surface area contributed by atoms with Gasteiger partial charge in [-0.05, 0) is 69.2 Å². The summed E-state index contributed by atoms with van der Waals surface area (Å²) < 4.78 is 13.2. The van der Waals surface area contributed by atoms with Crippen molar-refractivity contribution < 1.29 is 24.2 Å². The fraction of sp³-hybridized carbons (Fsp3) is 0.423. The molecule has 9 heteroatoms. The lowest BCUT2D eigenvalue weighted by molar-refractivity contribution is -0.0834. The van der Waals surface area contributed by atoms with Crippen LogP contribution in [-0.4, -0.2) is 50.9 Å². The van der Waals surface area contributed by atoms with Crippen LogP contribution in [0.5, 0.6) is 11.5 Å². The van der Waals surface area contributed by atoms with Crippen LogP contribution in [0.3, 0.4) is 0 Å². The second-order valence-electron chi connectivity index (χ2n) is 10.4. The van der Waals surface area contributed by atoms with Crippen molar-refractivity contribution in [1.82, 2.24) is 14.9 Å². The molecule has 0 radical (unpaired) electrons. The number of carbonyl (C=O) groups excluding carboxylic acids is 2. The van der Waals surface area contributed by atoms with E-state index in [1.165, 1.54) is 0 Å². The van der Waals surface area contributed by atoms with Gasteiger partial charge >= 0.3 is 0 Å². The van der Waals surface area contributed by atoms with Gasteiger partial charge in [-0.25, -0.2) is 4.52 Å². The summed E-state index contributed by atoms with van der Waals surface area (Å²) in [5.41, 5.74) is 6.29. The topological polar surface area (TPSA) is 128 Å². The van der Waals surface area contributed by atoms with E-state index in [0.29, 0.717) is 28.1 Å². The fourth-order valence-electron chi connectivity index (χ4n) is 5.11. The molecule has 2 heterocycles. The van der Waals surface area contributed by atoms with Gasteiger partial charge in [0.1, 0.15) is 18.1 Å². The average Bonchev–Trinajstić information content (AvgIpc) is 3.17. The van der Waals surface area contributed by atoms with Crippen LogP contribution in [0.25, 0.3) is 5.52 Å².